The molecule has 0 saturated heterocycles. The minimum absolute atomic E-state index is 0.105. The van der Waals surface area contributed by atoms with E-state index in [2.05, 4.69) is 41.5 Å². The third-order valence-electron chi connectivity index (χ3n) is 15.5. The van der Waals surface area contributed by atoms with E-state index in [1.54, 1.807) is 0 Å². The molecule has 0 aliphatic carbocycles. The summed E-state index contributed by atoms with van der Waals surface area (Å²) in [5.41, 5.74) is 0. The standard InChI is InChI=1S/C67H130O17P2/c1-7-9-11-13-15-31-37-43-49-64(69)77-55-62(83-66(71)51-45-39-32-16-14-12-10-8-2)57-81-85(73,74)79-53-61(68)54-80-86(75,76)82-58-63(56-78-65(70)50-44-38-33-27-24-23-26-30-36-42-48-60(5)6)84-67(72)52-46-40-34-28-22-20-18-17-19-21-25-29-35-41-47-59(3)4/h59-63,68H,7-58H2,1-6H3,(H,73,74)(H,75,76)/t61-,62+,63+/m0/s1. The number of aliphatic hydroxyl groups is 1. The Bertz CT molecular complexity index is 1680. The summed E-state index contributed by atoms with van der Waals surface area (Å²) in [6.45, 7) is 9.49. The number of carbonyl (C=O) groups is 4. The lowest BCUT2D eigenvalue weighted by Crippen LogP contribution is -2.30. The Morgan fingerprint density at radius 2 is 0.535 bits per heavy atom. The molecule has 17 nitrogen and oxygen atoms in total. The van der Waals surface area contributed by atoms with Crippen molar-refractivity contribution >= 4 is 39.5 Å². The summed E-state index contributed by atoms with van der Waals surface area (Å²) in [5.74, 6) is -0.580. The molecule has 0 spiro atoms. The first-order valence-electron chi connectivity index (χ1n) is 35.0. The highest BCUT2D eigenvalue weighted by Crippen LogP contribution is 2.45. The topological polar surface area (TPSA) is 237 Å². The highest BCUT2D eigenvalue weighted by Gasteiger charge is 2.30. The van der Waals surface area contributed by atoms with E-state index in [1.165, 1.54) is 141 Å². The third-order valence-corrected chi connectivity index (χ3v) is 17.4. The number of phosphoric ester groups is 2. The molecule has 0 aliphatic heterocycles. The van der Waals surface area contributed by atoms with E-state index in [-0.39, 0.29) is 25.7 Å². The first-order valence-corrected chi connectivity index (χ1v) is 38.0. The van der Waals surface area contributed by atoms with Gasteiger partial charge in [0.25, 0.3) is 0 Å². The Labute approximate surface area is 524 Å². The second-order valence-electron chi connectivity index (χ2n) is 25.2. The molecule has 5 atom stereocenters. The molecular formula is C67H130O17P2. The molecule has 19 heteroatoms. The van der Waals surface area contributed by atoms with Crippen LogP contribution in [0.3, 0.4) is 0 Å². The molecule has 3 N–H and O–H groups in total. The molecule has 0 radical (unpaired) electrons. The second-order valence-corrected chi connectivity index (χ2v) is 28.1. The van der Waals surface area contributed by atoms with Gasteiger partial charge in [0.05, 0.1) is 26.4 Å². The fourth-order valence-electron chi connectivity index (χ4n) is 10.1. The second kappa shape index (κ2) is 59.4. The number of unbranched alkanes of at least 4 members (excludes halogenated alkanes) is 36. The van der Waals surface area contributed by atoms with Crippen LogP contribution in [-0.4, -0.2) is 96.7 Å². The largest absolute Gasteiger partial charge is 0.472 e. The van der Waals surface area contributed by atoms with E-state index in [9.17, 15) is 43.2 Å². The zero-order valence-corrected chi connectivity index (χ0v) is 57.4. The fraction of sp³-hybridized carbons (Fsp3) is 0.940. The molecule has 86 heavy (non-hydrogen) atoms. The molecule has 0 aliphatic rings. The van der Waals surface area contributed by atoms with Crippen molar-refractivity contribution in [3.63, 3.8) is 0 Å². The SMILES string of the molecule is CCCCCCCCCCC(=O)OC[C@H](COP(=O)(O)OC[C@H](O)COP(=O)(O)OC[C@@H](COC(=O)CCCCCCCCCCCCC(C)C)OC(=O)CCCCCCCCCCCCCCCCC(C)C)OC(=O)CCCCCCCCCC. The average molecular weight is 1270 g/mol. The molecular weight excluding hydrogens is 1140 g/mol. The predicted molar refractivity (Wildman–Crippen MR) is 345 cm³/mol. The summed E-state index contributed by atoms with van der Waals surface area (Å²) < 4.78 is 68.0. The molecule has 510 valence electrons. The van der Waals surface area contributed by atoms with Gasteiger partial charge in [0, 0.05) is 25.7 Å². The van der Waals surface area contributed by atoms with Crippen molar-refractivity contribution in [2.75, 3.05) is 39.6 Å². The molecule has 0 fully saturated rings. The highest BCUT2D eigenvalue weighted by atomic mass is 31.2. The zero-order chi connectivity index (χ0) is 63.6. The van der Waals surface area contributed by atoms with Crippen molar-refractivity contribution < 1.29 is 80.2 Å². The molecule has 2 unspecified atom stereocenters. The number of carbonyl (C=O) groups excluding carboxylic acids is 4. The van der Waals surface area contributed by atoms with E-state index >= 15 is 0 Å². The smallest absolute Gasteiger partial charge is 0.462 e. The van der Waals surface area contributed by atoms with Crippen LogP contribution < -0.4 is 0 Å². The number of rotatable bonds is 66. The van der Waals surface area contributed by atoms with Crippen LogP contribution in [0.25, 0.3) is 0 Å². The van der Waals surface area contributed by atoms with Crippen LogP contribution in [0.5, 0.6) is 0 Å². The summed E-state index contributed by atoms with van der Waals surface area (Å²) in [5, 5.41) is 10.5. The molecule has 0 aromatic rings. The van der Waals surface area contributed by atoms with Crippen molar-refractivity contribution in [2.45, 2.75) is 355 Å². The maximum atomic E-state index is 13.0. The Morgan fingerprint density at radius 1 is 0.314 bits per heavy atom. The van der Waals surface area contributed by atoms with Gasteiger partial charge >= 0.3 is 39.5 Å². The van der Waals surface area contributed by atoms with Crippen molar-refractivity contribution in [3.8, 4) is 0 Å². The number of phosphoric acid groups is 2. The summed E-state index contributed by atoms with van der Waals surface area (Å²) in [4.78, 5) is 72.2. The van der Waals surface area contributed by atoms with Gasteiger partial charge in [0.15, 0.2) is 12.2 Å². The maximum Gasteiger partial charge on any atom is 0.472 e. The molecule has 0 saturated carbocycles. The van der Waals surface area contributed by atoms with Crippen molar-refractivity contribution in [1.82, 2.24) is 0 Å². The summed E-state index contributed by atoms with van der Waals surface area (Å²) in [7, 11) is -9.89. The van der Waals surface area contributed by atoms with Gasteiger partial charge in [-0.15, -0.1) is 0 Å². The fourth-order valence-corrected chi connectivity index (χ4v) is 11.6. The normalized spacial score (nSPS) is 14.2. The number of hydrogen-bond donors (Lipinski definition) is 3. The summed E-state index contributed by atoms with van der Waals surface area (Å²) >= 11 is 0. The van der Waals surface area contributed by atoms with E-state index in [1.807, 2.05) is 0 Å². The van der Waals surface area contributed by atoms with Gasteiger partial charge in [-0.25, -0.2) is 9.13 Å². The van der Waals surface area contributed by atoms with Crippen LogP contribution in [-0.2, 0) is 65.4 Å². The quantitative estimate of drug-likeness (QED) is 0.0222. The first kappa shape index (κ1) is 84.1. The Morgan fingerprint density at radius 3 is 0.791 bits per heavy atom. The highest BCUT2D eigenvalue weighted by molar-refractivity contribution is 7.47. The Balaban J connectivity index is 5.19. The molecule has 0 aromatic heterocycles. The first-order chi connectivity index (χ1) is 41.4. The van der Waals surface area contributed by atoms with E-state index in [0.29, 0.717) is 25.7 Å². The molecule has 0 bridgehead atoms. The lowest BCUT2D eigenvalue weighted by molar-refractivity contribution is -0.161. The number of hydrogen-bond acceptors (Lipinski definition) is 15. The van der Waals surface area contributed by atoms with Gasteiger partial charge < -0.3 is 33.8 Å². The van der Waals surface area contributed by atoms with Gasteiger partial charge in [0.2, 0.25) is 0 Å². The van der Waals surface area contributed by atoms with E-state index < -0.39 is 97.5 Å². The van der Waals surface area contributed by atoms with Gasteiger partial charge in [-0.2, -0.15) is 0 Å². The minimum Gasteiger partial charge on any atom is -0.462 e. The Kier molecular flexibility index (Phi) is 58.0. The summed E-state index contributed by atoms with van der Waals surface area (Å²) in [6.07, 6.45) is 43.2. The molecule has 0 aromatic carbocycles. The lowest BCUT2D eigenvalue weighted by atomic mass is 10.0. The van der Waals surface area contributed by atoms with Crippen molar-refractivity contribution in [3.05, 3.63) is 0 Å². The average Bonchev–Trinajstić information content (AvgIpc) is 3.65. The van der Waals surface area contributed by atoms with Gasteiger partial charge in [0.1, 0.15) is 19.3 Å². The van der Waals surface area contributed by atoms with Crippen LogP contribution in [0.4, 0.5) is 0 Å². The van der Waals surface area contributed by atoms with Crippen LogP contribution in [0, 0.1) is 11.8 Å². The number of aliphatic hydroxyl groups excluding tert-OH is 1. The van der Waals surface area contributed by atoms with E-state index in [4.69, 9.17) is 37.0 Å². The predicted octanol–water partition coefficient (Wildman–Crippen LogP) is 18.8. The minimum atomic E-state index is -4.95. The van der Waals surface area contributed by atoms with Crippen LogP contribution in [0.2, 0.25) is 0 Å². The number of ether oxygens (including phenoxy) is 4. The molecule has 0 amide bonds. The van der Waals surface area contributed by atoms with Crippen molar-refractivity contribution in [2.24, 2.45) is 11.8 Å². The van der Waals surface area contributed by atoms with Gasteiger partial charge in [-0.3, -0.25) is 37.3 Å². The van der Waals surface area contributed by atoms with Crippen LogP contribution in [0.1, 0.15) is 337 Å². The molecule has 0 heterocycles. The van der Waals surface area contributed by atoms with Crippen LogP contribution >= 0.6 is 15.6 Å². The van der Waals surface area contributed by atoms with Gasteiger partial charge in [-0.05, 0) is 37.5 Å². The van der Waals surface area contributed by atoms with Crippen molar-refractivity contribution in [1.29, 1.82) is 0 Å². The maximum absolute atomic E-state index is 13.0. The molecule has 0 rings (SSSR count). The Hall–Kier alpha value is -1.94. The van der Waals surface area contributed by atoms with E-state index in [0.717, 1.165) is 115 Å². The van der Waals surface area contributed by atoms with Gasteiger partial charge in [-0.1, -0.05) is 286 Å². The lowest BCUT2D eigenvalue weighted by Gasteiger charge is -2.21. The zero-order valence-electron chi connectivity index (χ0n) is 55.6. The van der Waals surface area contributed by atoms with Crippen LogP contribution in [0.15, 0.2) is 0 Å². The summed E-state index contributed by atoms with van der Waals surface area (Å²) in [6, 6.07) is 0. The third kappa shape index (κ3) is 60.9. The monoisotopic (exact) mass is 1270 g/mol. The number of esters is 4.